The van der Waals surface area contributed by atoms with Gasteiger partial charge in [0.15, 0.2) is 0 Å². The summed E-state index contributed by atoms with van der Waals surface area (Å²) in [5.74, 6) is 0.969. The molecule has 0 saturated carbocycles. The number of imidazole rings is 2. The zero-order valence-corrected chi connectivity index (χ0v) is 32.9. The molecule has 2 aliphatic heterocycles. The Morgan fingerprint density at radius 2 is 1.35 bits per heavy atom. The van der Waals surface area contributed by atoms with Crippen LogP contribution in [-0.2, 0) is 19.1 Å². The zero-order chi connectivity index (χ0) is 38.3. The summed E-state index contributed by atoms with van der Waals surface area (Å²) in [7, 11) is 2.58. The number of carbonyl (C=O) groups is 4. The van der Waals surface area contributed by atoms with Crippen LogP contribution < -0.4 is 10.6 Å². The van der Waals surface area contributed by atoms with Gasteiger partial charge in [-0.15, -0.1) is 22.7 Å². The molecule has 4 aromatic heterocycles. The average Bonchev–Trinajstić information content (AvgIpc) is 4.00. The molecule has 4 N–H and O–H groups in total. The van der Waals surface area contributed by atoms with Gasteiger partial charge in [-0.25, -0.2) is 19.6 Å². The van der Waals surface area contributed by atoms with Crippen molar-refractivity contribution in [2.45, 2.75) is 77.5 Å². The lowest BCUT2D eigenvalue weighted by molar-refractivity contribution is -0.136. The van der Waals surface area contributed by atoms with Crippen molar-refractivity contribution in [3.8, 4) is 22.4 Å². The minimum absolute atomic E-state index is 0.109. The summed E-state index contributed by atoms with van der Waals surface area (Å²) in [5.41, 5.74) is 5.85. The molecule has 4 atom stereocenters. The smallest absolute Gasteiger partial charge is 0.407 e. The number of nitrogens with one attached hydrogen (secondary N) is 4. The SMILES string of the molecule is COC(=O)N[C@H](C(=O)N1CCCC1c1ncc(-c2csc3c(-c4ccc5nc(C6CCCN6C(=O)[C@@H](NC(=O)OC)C(C)C)[nH]c5c4)csc23)[nH]1)C(C)C. The fraction of sp³-hybridized carbons (Fsp3) is 0.474. The van der Waals surface area contributed by atoms with Crippen LogP contribution in [0.2, 0.25) is 0 Å². The number of rotatable bonds is 10. The molecular weight excluding hydrogens is 729 g/mol. The molecule has 0 spiro atoms. The first-order chi connectivity index (χ1) is 26.0. The maximum Gasteiger partial charge on any atom is 0.407 e. The zero-order valence-electron chi connectivity index (χ0n) is 31.2. The van der Waals surface area contributed by atoms with Crippen molar-refractivity contribution in [1.82, 2.24) is 40.4 Å². The normalized spacial score (nSPS) is 18.5. The predicted octanol–water partition coefficient (Wildman–Crippen LogP) is 6.98. The third-order valence-corrected chi connectivity index (χ3v) is 12.6. The van der Waals surface area contributed by atoms with Crippen molar-refractivity contribution in [1.29, 1.82) is 0 Å². The molecule has 7 rings (SSSR count). The van der Waals surface area contributed by atoms with E-state index in [1.165, 1.54) is 18.9 Å². The summed E-state index contributed by atoms with van der Waals surface area (Å²) >= 11 is 3.36. The number of carbonyl (C=O) groups excluding carboxylic acids is 4. The van der Waals surface area contributed by atoms with E-state index in [9.17, 15) is 19.2 Å². The third-order valence-electron chi connectivity index (χ3n) is 10.5. The van der Waals surface area contributed by atoms with Crippen LogP contribution in [0.1, 0.15) is 77.1 Å². The van der Waals surface area contributed by atoms with E-state index in [4.69, 9.17) is 19.4 Å². The molecule has 14 nitrogen and oxygen atoms in total. The van der Waals surface area contributed by atoms with Gasteiger partial charge in [0.1, 0.15) is 23.7 Å². The topological polar surface area (TPSA) is 175 Å². The second-order valence-corrected chi connectivity index (χ2v) is 16.3. The van der Waals surface area contributed by atoms with Crippen LogP contribution in [0.25, 0.3) is 42.8 Å². The summed E-state index contributed by atoms with van der Waals surface area (Å²) < 4.78 is 11.9. The molecule has 2 aliphatic rings. The van der Waals surface area contributed by atoms with Crippen molar-refractivity contribution in [3.63, 3.8) is 0 Å². The summed E-state index contributed by atoms with van der Waals surface area (Å²) in [5, 5.41) is 9.74. The Morgan fingerprint density at radius 3 is 1.93 bits per heavy atom. The van der Waals surface area contributed by atoms with E-state index in [1.807, 2.05) is 49.8 Å². The number of H-pyrrole nitrogens is 2. The molecule has 1 aromatic carbocycles. The number of likely N-dealkylation sites (tertiary alicyclic amines) is 2. The third kappa shape index (κ3) is 7.04. The highest BCUT2D eigenvalue weighted by Gasteiger charge is 2.39. The van der Waals surface area contributed by atoms with Crippen molar-refractivity contribution in [3.05, 3.63) is 46.8 Å². The second-order valence-electron chi connectivity index (χ2n) is 14.6. The van der Waals surface area contributed by atoms with Crippen molar-refractivity contribution < 1.29 is 28.7 Å². The van der Waals surface area contributed by atoms with Crippen molar-refractivity contribution in [2.24, 2.45) is 11.8 Å². The Bertz CT molecular complexity index is 2190. The molecule has 54 heavy (non-hydrogen) atoms. The number of ether oxygens (including phenoxy) is 2. The maximum absolute atomic E-state index is 13.7. The number of alkyl carbamates (subject to hydrolysis) is 2. The fourth-order valence-corrected chi connectivity index (χ4v) is 10.0. The van der Waals surface area contributed by atoms with Gasteiger partial charge in [-0.05, 0) is 55.2 Å². The molecule has 0 aliphatic carbocycles. The number of hydrogen-bond donors (Lipinski definition) is 4. The fourth-order valence-electron chi connectivity index (χ4n) is 7.59. The highest BCUT2D eigenvalue weighted by atomic mass is 32.1. The average molecular weight is 775 g/mol. The van der Waals surface area contributed by atoms with E-state index < -0.39 is 24.3 Å². The van der Waals surface area contributed by atoms with Crippen LogP contribution >= 0.6 is 22.7 Å². The van der Waals surface area contributed by atoms with Crippen LogP contribution in [0.15, 0.2) is 35.2 Å². The number of aromatic amines is 2. The van der Waals surface area contributed by atoms with E-state index in [0.29, 0.717) is 13.1 Å². The first-order valence-electron chi connectivity index (χ1n) is 18.3. The number of aromatic nitrogens is 4. The van der Waals surface area contributed by atoms with Crippen LogP contribution in [0.5, 0.6) is 0 Å². The van der Waals surface area contributed by atoms with Gasteiger partial charge in [-0.1, -0.05) is 33.8 Å². The van der Waals surface area contributed by atoms with E-state index in [-0.39, 0.29) is 35.7 Å². The summed E-state index contributed by atoms with van der Waals surface area (Å²) in [6.45, 7) is 8.80. The molecular formula is C38H46N8O6S2. The Labute approximate surface area is 321 Å². The molecule has 0 radical (unpaired) electrons. The van der Waals surface area contributed by atoms with E-state index in [1.54, 1.807) is 22.7 Å². The quantitative estimate of drug-likeness (QED) is 0.118. The van der Waals surface area contributed by atoms with Gasteiger partial charge < -0.3 is 39.9 Å². The molecule has 286 valence electrons. The van der Waals surface area contributed by atoms with E-state index >= 15 is 0 Å². The van der Waals surface area contributed by atoms with E-state index in [0.717, 1.165) is 75.4 Å². The number of fused-ring (bicyclic) bond motifs is 2. The number of nitrogens with zero attached hydrogens (tertiary/aromatic N) is 4. The molecule has 2 fully saturated rings. The summed E-state index contributed by atoms with van der Waals surface area (Å²) in [4.78, 5) is 71.6. The van der Waals surface area contributed by atoms with Gasteiger partial charge in [-0.3, -0.25) is 9.59 Å². The number of benzene rings is 1. The lowest BCUT2D eigenvalue weighted by Crippen LogP contribution is -2.51. The number of methoxy groups -OCH3 is 2. The Balaban J connectivity index is 1.10. The second kappa shape index (κ2) is 15.4. The Morgan fingerprint density at radius 1 is 0.796 bits per heavy atom. The van der Waals surface area contributed by atoms with Crippen LogP contribution in [0.3, 0.4) is 0 Å². The predicted molar refractivity (Wildman–Crippen MR) is 208 cm³/mol. The lowest BCUT2D eigenvalue weighted by atomic mass is 10.0. The highest BCUT2D eigenvalue weighted by molar-refractivity contribution is 7.27. The molecule has 2 saturated heterocycles. The maximum atomic E-state index is 13.7. The standard InChI is InChI=1S/C38H46N8O6S2/c1-19(2)29(43-37(49)51-5)35(47)45-13-7-9-27(45)33-39-16-26(42-33)23-18-54-31-22(17-53-32(23)31)21-11-12-24-25(15-21)41-34(40-24)28-10-8-14-46(28)36(48)30(20(3)4)44-38(50)52-6/h11-12,15-20,27-30H,7-10,13-14H2,1-6H3,(H,39,42)(H,40,41)(H,43,49)(H,44,50)/t27?,28?,29-,30-/m0/s1. The monoisotopic (exact) mass is 774 g/mol. The molecule has 2 unspecified atom stereocenters. The summed E-state index contributed by atoms with van der Waals surface area (Å²) in [6.07, 6.45) is 3.84. The highest BCUT2D eigenvalue weighted by Crippen LogP contribution is 2.45. The Hall–Kier alpha value is -4.96. The minimum Gasteiger partial charge on any atom is -0.453 e. The summed E-state index contributed by atoms with van der Waals surface area (Å²) in [6, 6.07) is 4.39. The molecule has 16 heteroatoms. The van der Waals surface area contributed by atoms with Gasteiger partial charge in [0.25, 0.3) is 0 Å². The van der Waals surface area contributed by atoms with E-state index in [2.05, 4.69) is 43.5 Å². The van der Waals surface area contributed by atoms with Gasteiger partial charge in [-0.2, -0.15) is 0 Å². The molecule has 5 aromatic rings. The van der Waals surface area contributed by atoms with Crippen LogP contribution in [0, 0.1) is 11.8 Å². The van der Waals surface area contributed by atoms with Gasteiger partial charge >= 0.3 is 12.2 Å². The molecule has 4 amide bonds. The molecule has 6 heterocycles. The van der Waals surface area contributed by atoms with Crippen molar-refractivity contribution in [2.75, 3.05) is 27.3 Å². The first kappa shape index (κ1) is 37.4. The number of thiophene rings is 2. The van der Waals surface area contributed by atoms with Gasteiger partial charge in [0.2, 0.25) is 11.8 Å². The lowest BCUT2D eigenvalue weighted by Gasteiger charge is -2.30. The number of amides is 4. The number of hydrogen-bond acceptors (Lipinski definition) is 10. The minimum atomic E-state index is -0.694. The molecule has 0 bridgehead atoms. The Kier molecular flexibility index (Phi) is 10.7. The van der Waals surface area contributed by atoms with Crippen LogP contribution in [0.4, 0.5) is 9.59 Å². The van der Waals surface area contributed by atoms with Crippen molar-refractivity contribution >= 4 is 67.1 Å². The van der Waals surface area contributed by atoms with Crippen LogP contribution in [-0.4, -0.2) is 93.1 Å². The van der Waals surface area contributed by atoms with Gasteiger partial charge in [0.05, 0.1) is 58.6 Å². The largest absolute Gasteiger partial charge is 0.453 e. The van der Waals surface area contributed by atoms with Gasteiger partial charge in [0, 0.05) is 35.0 Å². The first-order valence-corrected chi connectivity index (χ1v) is 20.1.